The maximum Gasteiger partial charge on any atom is 0.165 e. The van der Waals surface area contributed by atoms with Crippen LogP contribution in [0.1, 0.15) is 50.4 Å². The molecule has 6 heteroatoms. The molecule has 3 heterocycles. The van der Waals surface area contributed by atoms with Gasteiger partial charge < -0.3 is 0 Å². The summed E-state index contributed by atoms with van der Waals surface area (Å²) < 4.78 is 2.06. The molecule has 0 bridgehead atoms. The van der Waals surface area contributed by atoms with E-state index in [-0.39, 0.29) is 0 Å². The fourth-order valence-electron chi connectivity index (χ4n) is 3.70. The maximum atomic E-state index is 4.24. The Balaban J connectivity index is 1.39. The molecule has 3 fully saturated rings. The van der Waals surface area contributed by atoms with E-state index in [2.05, 4.69) is 30.0 Å². The van der Waals surface area contributed by atoms with Crippen molar-refractivity contribution in [1.29, 1.82) is 0 Å². The monoisotopic (exact) mass is 276 g/mol. The average Bonchev–Trinajstić information content (AvgIpc) is 3.00. The molecule has 0 amide bonds. The quantitative estimate of drug-likeness (QED) is 0.823. The van der Waals surface area contributed by atoms with Crippen LogP contribution in [-0.4, -0.2) is 62.2 Å². The lowest BCUT2D eigenvalue weighted by molar-refractivity contribution is 0.107. The van der Waals surface area contributed by atoms with Gasteiger partial charge in [0.05, 0.1) is 12.6 Å². The van der Waals surface area contributed by atoms with Crippen molar-refractivity contribution in [2.45, 2.75) is 57.2 Å². The molecule has 6 nitrogen and oxygen atoms in total. The molecule has 2 aliphatic heterocycles. The van der Waals surface area contributed by atoms with Crippen LogP contribution in [0, 0.1) is 0 Å². The Hall–Kier alpha value is -1.01. The van der Waals surface area contributed by atoms with Gasteiger partial charge in [-0.05, 0) is 68.6 Å². The largest absolute Gasteiger partial charge is 0.299 e. The van der Waals surface area contributed by atoms with Crippen LogP contribution in [0.4, 0.5) is 0 Å². The minimum Gasteiger partial charge on any atom is -0.299 e. The molecule has 110 valence electrons. The lowest BCUT2D eigenvalue weighted by atomic mass is 10.0. The van der Waals surface area contributed by atoms with Crippen molar-refractivity contribution in [3.05, 3.63) is 5.82 Å². The van der Waals surface area contributed by atoms with E-state index in [4.69, 9.17) is 0 Å². The molecule has 1 aliphatic carbocycles. The fourth-order valence-corrected chi connectivity index (χ4v) is 3.70. The first-order valence-corrected chi connectivity index (χ1v) is 8.13. The predicted octanol–water partition coefficient (Wildman–Crippen LogP) is 1.07. The molecule has 1 atom stereocenters. The van der Waals surface area contributed by atoms with E-state index < -0.39 is 0 Å². The van der Waals surface area contributed by atoms with Crippen molar-refractivity contribution < 1.29 is 0 Å². The second kappa shape index (κ2) is 5.41. The van der Waals surface area contributed by atoms with Crippen LogP contribution in [0.3, 0.4) is 0 Å². The molecule has 0 aromatic carbocycles. The number of rotatable bonds is 4. The second-order valence-corrected chi connectivity index (χ2v) is 6.55. The van der Waals surface area contributed by atoms with Gasteiger partial charge in [-0.2, -0.15) is 0 Å². The molecular formula is C14H24N6. The molecule has 0 N–H and O–H groups in total. The number of aromatic nitrogens is 4. The normalized spacial score (nSPS) is 29.1. The van der Waals surface area contributed by atoms with Crippen LogP contribution in [0.25, 0.3) is 0 Å². The zero-order valence-electron chi connectivity index (χ0n) is 12.1. The summed E-state index contributed by atoms with van der Waals surface area (Å²) >= 11 is 0. The summed E-state index contributed by atoms with van der Waals surface area (Å²) in [6, 6.07) is 1.34. The molecule has 1 aromatic heterocycles. The van der Waals surface area contributed by atoms with Crippen LogP contribution in [0.2, 0.25) is 0 Å². The molecule has 3 aliphatic rings. The van der Waals surface area contributed by atoms with Gasteiger partial charge in [-0.15, -0.1) is 5.10 Å². The van der Waals surface area contributed by atoms with Gasteiger partial charge in [0.15, 0.2) is 5.82 Å². The molecule has 0 spiro atoms. The van der Waals surface area contributed by atoms with E-state index in [0.717, 1.165) is 18.4 Å². The summed E-state index contributed by atoms with van der Waals surface area (Å²) in [7, 11) is 0. The summed E-state index contributed by atoms with van der Waals surface area (Å²) in [6.07, 6.45) is 7.94. The number of hydrogen-bond acceptors (Lipinski definition) is 5. The lowest BCUT2D eigenvalue weighted by Gasteiger charge is -2.37. The third kappa shape index (κ3) is 2.59. The molecule has 0 unspecified atom stereocenters. The Bertz CT molecular complexity index is 448. The third-order valence-corrected chi connectivity index (χ3v) is 4.96. The highest BCUT2D eigenvalue weighted by atomic mass is 15.6. The van der Waals surface area contributed by atoms with Crippen LogP contribution >= 0.6 is 0 Å². The predicted molar refractivity (Wildman–Crippen MR) is 75.2 cm³/mol. The molecule has 20 heavy (non-hydrogen) atoms. The standard InChI is InChI=1S/C14H24N6/c1-2-9-19(8-1)13-4-3-7-18(10-13)11-14-15-16-17-20(14)12-5-6-12/h12-13H,1-11H2/t13-/m0/s1. The minimum absolute atomic E-state index is 0.583. The molecule has 0 radical (unpaired) electrons. The first kappa shape index (κ1) is 12.7. The third-order valence-electron chi connectivity index (χ3n) is 4.96. The van der Waals surface area contributed by atoms with E-state index in [1.165, 1.54) is 64.7 Å². The van der Waals surface area contributed by atoms with E-state index in [9.17, 15) is 0 Å². The van der Waals surface area contributed by atoms with E-state index in [0.29, 0.717) is 6.04 Å². The van der Waals surface area contributed by atoms with Crippen molar-refractivity contribution in [2.75, 3.05) is 26.2 Å². The molecule has 4 rings (SSSR count). The van der Waals surface area contributed by atoms with Crippen molar-refractivity contribution in [3.8, 4) is 0 Å². The van der Waals surface area contributed by atoms with Crippen LogP contribution in [0.5, 0.6) is 0 Å². The summed E-state index contributed by atoms with van der Waals surface area (Å²) in [5.41, 5.74) is 0. The van der Waals surface area contributed by atoms with Crippen molar-refractivity contribution >= 4 is 0 Å². The van der Waals surface area contributed by atoms with Crippen LogP contribution in [0.15, 0.2) is 0 Å². The second-order valence-electron chi connectivity index (χ2n) is 6.55. The number of piperidine rings is 1. The van der Waals surface area contributed by atoms with Crippen LogP contribution in [-0.2, 0) is 6.54 Å². The van der Waals surface area contributed by atoms with Crippen LogP contribution < -0.4 is 0 Å². The van der Waals surface area contributed by atoms with Gasteiger partial charge in [0, 0.05) is 12.6 Å². The van der Waals surface area contributed by atoms with E-state index >= 15 is 0 Å². The molecule has 2 saturated heterocycles. The van der Waals surface area contributed by atoms with Crippen molar-refractivity contribution in [3.63, 3.8) is 0 Å². The SMILES string of the molecule is C1C[C@H](N2CCCC2)CN(Cc2nnnn2C2CC2)C1. The summed E-state index contributed by atoms with van der Waals surface area (Å²) in [5, 5.41) is 12.3. The van der Waals surface area contributed by atoms with Crippen molar-refractivity contribution in [2.24, 2.45) is 0 Å². The number of hydrogen-bond donors (Lipinski definition) is 0. The fraction of sp³-hybridized carbons (Fsp3) is 0.929. The molecular weight excluding hydrogens is 252 g/mol. The molecule has 1 saturated carbocycles. The minimum atomic E-state index is 0.583. The number of tetrazole rings is 1. The maximum absolute atomic E-state index is 4.24. The lowest BCUT2D eigenvalue weighted by Crippen LogP contribution is -2.46. The topological polar surface area (TPSA) is 50.1 Å². The summed E-state index contributed by atoms with van der Waals surface area (Å²) in [6.45, 7) is 5.92. The highest BCUT2D eigenvalue weighted by Gasteiger charge is 2.30. The van der Waals surface area contributed by atoms with E-state index in [1.54, 1.807) is 0 Å². The zero-order chi connectivity index (χ0) is 13.4. The number of nitrogens with zero attached hydrogens (tertiary/aromatic N) is 6. The smallest absolute Gasteiger partial charge is 0.165 e. The van der Waals surface area contributed by atoms with E-state index in [1.807, 2.05) is 0 Å². The average molecular weight is 276 g/mol. The van der Waals surface area contributed by atoms with Gasteiger partial charge in [-0.3, -0.25) is 9.80 Å². The first-order chi connectivity index (χ1) is 9.90. The summed E-state index contributed by atoms with van der Waals surface area (Å²) in [4.78, 5) is 5.24. The Morgan fingerprint density at radius 1 is 0.950 bits per heavy atom. The Morgan fingerprint density at radius 2 is 1.80 bits per heavy atom. The highest BCUT2D eigenvalue weighted by molar-refractivity contribution is 4.92. The summed E-state index contributed by atoms with van der Waals surface area (Å²) in [5.74, 6) is 1.06. The van der Waals surface area contributed by atoms with Gasteiger partial charge in [-0.1, -0.05) is 0 Å². The Labute approximate surface area is 120 Å². The Kier molecular flexibility index (Phi) is 3.44. The first-order valence-electron chi connectivity index (χ1n) is 8.13. The van der Waals surface area contributed by atoms with Gasteiger partial charge in [0.2, 0.25) is 0 Å². The van der Waals surface area contributed by atoms with Crippen molar-refractivity contribution in [1.82, 2.24) is 30.0 Å². The van der Waals surface area contributed by atoms with Gasteiger partial charge in [0.1, 0.15) is 0 Å². The number of likely N-dealkylation sites (tertiary alicyclic amines) is 2. The van der Waals surface area contributed by atoms with Gasteiger partial charge >= 0.3 is 0 Å². The van der Waals surface area contributed by atoms with Gasteiger partial charge in [0.25, 0.3) is 0 Å². The highest BCUT2D eigenvalue weighted by Crippen LogP contribution is 2.34. The molecule has 1 aromatic rings. The Morgan fingerprint density at radius 3 is 2.60 bits per heavy atom. The zero-order valence-corrected chi connectivity index (χ0v) is 12.1. The van der Waals surface area contributed by atoms with Gasteiger partial charge in [-0.25, -0.2) is 4.68 Å².